The zero-order valence-electron chi connectivity index (χ0n) is 9.43. The molecule has 5 heteroatoms. The first-order valence-corrected chi connectivity index (χ1v) is 5.86. The molecule has 0 bridgehead atoms. The van der Waals surface area contributed by atoms with Gasteiger partial charge in [-0.25, -0.2) is 0 Å². The quantitative estimate of drug-likeness (QED) is 0.908. The molecule has 90 valence electrons. The van der Waals surface area contributed by atoms with Crippen LogP contribution in [0.1, 0.15) is 31.7 Å². The fraction of sp³-hybridized carbons (Fsp3) is 0.333. The molecule has 0 aliphatic heterocycles. The normalized spacial score (nSPS) is 12.6. The third kappa shape index (κ3) is 2.84. The molecule has 0 amide bonds. The topological polar surface area (TPSA) is 59.2 Å². The highest BCUT2D eigenvalue weighted by molar-refractivity contribution is 6.30. The van der Waals surface area contributed by atoms with Crippen LogP contribution in [0, 0.1) is 0 Å². The van der Waals surface area contributed by atoms with Crippen LogP contribution in [-0.4, -0.2) is 15.2 Å². The summed E-state index contributed by atoms with van der Waals surface area (Å²) in [5, 5.41) is 14.1. The average molecular weight is 253 g/mol. The Kier molecular flexibility index (Phi) is 3.76. The molecule has 1 aromatic carbocycles. The van der Waals surface area contributed by atoms with Gasteiger partial charge in [0, 0.05) is 10.6 Å². The number of aromatic nitrogens is 2. The van der Waals surface area contributed by atoms with Crippen LogP contribution in [0.2, 0.25) is 5.02 Å². The summed E-state index contributed by atoms with van der Waals surface area (Å²) in [7, 11) is 0. The number of halogens is 1. The third-order valence-corrected chi connectivity index (χ3v) is 2.61. The zero-order chi connectivity index (χ0) is 12.3. The van der Waals surface area contributed by atoms with Gasteiger partial charge in [-0.1, -0.05) is 36.2 Å². The first-order valence-electron chi connectivity index (χ1n) is 5.48. The van der Waals surface area contributed by atoms with Crippen molar-refractivity contribution in [2.75, 3.05) is 0 Å². The molecule has 17 heavy (non-hydrogen) atoms. The van der Waals surface area contributed by atoms with E-state index in [1.54, 1.807) is 12.1 Å². The second-order valence-electron chi connectivity index (χ2n) is 3.77. The van der Waals surface area contributed by atoms with E-state index in [9.17, 15) is 5.11 Å². The largest absolute Gasteiger partial charge is 0.385 e. The van der Waals surface area contributed by atoms with Crippen LogP contribution < -0.4 is 0 Å². The maximum atomic E-state index is 9.72. The lowest BCUT2D eigenvalue weighted by molar-refractivity contribution is 0.153. The lowest BCUT2D eigenvalue weighted by Gasteiger charge is -2.01. The predicted octanol–water partition coefficient (Wildman–Crippen LogP) is 3.22. The first kappa shape index (κ1) is 12.1. The van der Waals surface area contributed by atoms with Crippen molar-refractivity contribution in [3.63, 3.8) is 0 Å². The molecule has 1 unspecified atom stereocenters. The van der Waals surface area contributed by atoms with Crippen LogP contribution in [0.4, 0.5) is 0 Å². The molecule has 0 saturated carbocycles. The third-order valence-electron chi connectivity index (χ3n) is 2.37. The van der Waals surface area contributed by atoms with E-state index in [1.807, 2.05) is 19.1 Å². The van der Waals surface area contributed by atoms with E-state index < -0.39 is 6.10 Å². The van der Waals surface area contributed by atoms with E-state index in [4.69, 9.17) is 16.1 Å². The van der Waals surface area contributed by atoms with Crippen molar-refractivity contribution in [2.24, 2.45) is 0 Å². The average Bonchev–Trinajstić information content (AvgIpc) is 2.78. The summed E-state index contributed by atoms with van der Waals surface area (Å²) in [6.45, 7) is 1.99. The minimum atomic E-state index is -0.670. The maximum Gasteiger partial charge on any atom is 0.258 e. The Hall–Kier alpha value is -1.39. The zero-order valence-corrected chi connectivity index (χ0v) is 10.2. The van der Waals surface area contributed by atoms with Gasteiger partial charge in [0.2, 0.25) is 5.82 Å². The Morgan fingerprint density at radius 1 is 1.47 bits per heavy atom. The van der Waals surface area contributed by atoms with Gasteiger partial charge in [0.05, 0.1) is 0 Å². The molecule has 1 atom stereocenters. The number of benzene rings is 1. The van der Waals surface area contributed by atoms with Crippen molar-refractivity contribution >= 4 is 11.6 Å². The van der Waals surface area contributed by atoms with Crippen LogP contribution in [-0.2, 0) is 0 Å². The number of rotatable bonds is 4. The van der Waals surface area contributed by atoms with E-state index in [-0.39, 0.29) is 0 Å². The molecule has 1 N–H and O–H groups in total. The summed E-state index contributed by atoms with van der Waals surface area (Å²) >= 11 is 5.87. The maximum absolute atomic E-state index is 9.72. The van der Waals surface area contributed by atoms with E-state index in [2.05, 4.69) is 10.1 Å². The number of aliphatic hydroxyl groups excluding tert-OH is 1. The molecule has 1 heterocycles. The standard InChI is InChI=1S/C12H13ClN2O2/c1-2-4-10(16)11-14-12(17-15-11)8-5-3-6-9(13)7-8/h3,5-7,10,16H,2,4H2,1H3. The molecule has 1 aromatic heterocycles. The highest BCUT2D eigenvalue weighted by Gasteiger charge is 2.15. The molecule has 0 spiro atoms. The molecule has 2 rings (SSSR count). The molecule has 0 fully saturated rings. The van der Waals surface area contributed by atoms with E-state index in [1.165, 1.54) is 0 Å². The van der Waals surface area contributed by atoms with Gasteiger partial charge in [-0.05, 0) is 24.6 Å². The molecular weight excluding hydrogens is 240 g/mol. The van der Waals surface area contributed by atoms with Crippen LogP contribution in [0.15, 0.2) is 28.8 Å². The predicted molar refractivity (Wildman–Crippen MR) is 64.6 cm³/mol. The Balaban J connectivity index is 2.23. The number of aliphatic hydroxyl groups is 1. The van der Waals surface area contributed by atoms with Crippen LogP contribution >= 0.6 is 11.6 Å². The van der Waals surface area contributed by atoms with Crippen molar-refractivity contribution in [3.8, 4) is 11.5 Å². The lowest BCUT2D eigenvalue weighted by atomic mass is 10.2. The molecule has 2 aromatic rings. The van der Waals surface area contributed by atoms with Crippen LogP contribution in [0.3, 0.4) is 0 Å². The number of hydrogen-bond donors (Lipinski definition) is 1. The molecular formula is C12H13ClN2O2. The van der Waals surface area contributed by atoms with Gasteiger partial charge in [-0.2, -0.15) is 4.98 Å². The van der Waals surface area contributed by atoms with Crippen LogP contribution in [0.25, 0.3) is 11.5 Å². The van der Waals surface area contributed by atoms with Gasteiger partial charge < -0.3 is 9.63 Å². The minimum absolute atomic E-state index is 0.321. The Morgan fingerprint density at radius 2 is 2.29 bits per heavy atom. The van der Waals surface area contributed by atoms with Crippen molar-refractivity contribution in [1.29, 1.82) is 0 Å². The minimum Gasteiger partial charge on any atom is -0.385 e. The highest BCUT2D eigenvalue weighted by Crippen LogP contribution is 2.23. The van der Waals surface area contributed by atoms with Crippen molar-refractivity contribution in [3.05, 3.63) is 35.1 Å². The second-order valence-corrected chi connectivity index (χ2v) is 4.21. The summed E-state index contributed by atoms with van der Waals surface area (Å²) < 4.78 is 5.09. The van der Waals surface area contributed by atoms with E-state index in [0.717, 1.165) is 12.0 Å². The van der Waals surface area contributed by atoms with Gasteiger partial charge in [0.25, 0.3) is 5.89 Å². The van der Waals surface area contributed by atoms with Crippen LogP contribution in [0.5, 0.6) is 0 Å². The highest BCUT2D eigenvalue weighted by atomic mass is 35.5. The fourth-order valence-electron chi connectivity index (χ4n) is 1.51. The number of nitrogens with zero attached hydrogens (tertiary/aromatic N) is 2. The monoisotopic (exact) mass is 252 g/mol. The molecule has 4 nitrogen and oxygen atoms in total. The molecule has 0 saturated heterocycles. The molecule has 0 aliphatic carbocycles. The van der Waals surface area contributed by atoms with Gasteiger partial charge in [-0.15, -0.1) is 0 Å². The smallest absolute Gasteiger partial charge is 0.258 e. The summed E-state index contributed by atoms with van der Waals surface area (Å²) in [5.74, 6) is 0.694. The van der Waals surface area contributed by atoms with Crippen molar-refractivity contribution in [2.45, 2.75) is 25.9 Å². The van der Waals surface area contributed by atoms with E-state index >= 15 is 0 Å². The summed E-state index contributed by atoms with van der Waals surface area (Å²) in [6.07, 6.45) is 0.813. The van der Waals surface area contributed by atoms with E-state index in [0.29, 0.717) is 23.2 Å². The summed E-state index contributed by atoms with van der Waals surface area (Å²) in [5.41, 5.74) is 0.750. The summed E-state index contributed by atoms with van der Waals surface area (Å²) in [6, 6.07) is 7.15. The fourth-order valence-corrected chi connectivity index (χ4v) is 1.70. The lowest BCUT2D eigenvalue weighted by Crippen LogP contribution is -1.98. The van der Waals surface area contributed by atoms with Crippen molar-refractivity contribution < 1.29 is 9.63 Å². The Morgan fingerprint density at radius 3 is 3.00 bits per heavy atom. The first-order chi connectivity index (χ1) is 8.20. The summed E-state index contributed by atoms with van der Waals surface area (Å²) in [4.78, 5) is 4.15. The van der Waals surface area contributed by atoms with Gasteiger partial charge in [0.1, 0.15) is 6.10 Å². The second kappa shape index (κ2) is 5.29. The Bertz CT molecular complexity index is 499. The molecule has 0 aliphatic rings. The van der Waals surface area contributed by atoms with Gasteiger partial charge >= 0.3 is 0 Å². The number of hydrogen-bond acceptors (Lipinski definition) is 4. The van der Waals surface area contributed by atoms with Gasteiger partial charge in [-0.3, -0.25) is 0 Å². The van der Waals surface area contributed by atoms with Crippen molar-refractivity contribution in [1.82, 2.24) is 10.1 Å². The Labute approximate surface area is 104 Å². The molecule has 0 radical (unpaired) electrons. The van der Waals surface area contributed by atoms with Gasteiger partial charge in [0.15, 0.2) is 0 Å². The SMILES string of the molecule is CCCC(O)c1noc(-c2cccc(Cl)c2)n1.